The largest absolute Gasteiger partial charge is 0.338 e. The zero-order chi connectivity index (χ0) is 19.6. The molecule has 0 unspecified atom stereocenters. The smallest absolute Gasteiger partial charge is 0.281 e. The fourth-order valence-electron chi connectivity index (χ4n) is 3.52. The number of piperazine rings is 1. The molecule has 2 heterocycles. The van der Waals surface area contributed by atoms with Crippen LogP contribution in [0.4, 0.5) is 0 Å². The van der Waals surface area contributed by atoms with E-state index in [1.807, 2.05) is 0 Å². The van der Waals surface area contributed by atoms with Crippen molar-refractivity contribution in [3.8, 4) is 0 Å². The van der Waals surface area contributed by atoms with Crippen molar-refractivity contribution in [2.24, 2.45) is 0 Å². The Hall–Kier alpha value is -1.78. The highest BCUT2D eigenvalue weighted by atomic mass is 32.2. The SMILES string of the molecule is CN(C)S(=O)(=O)N1CCN(C(=O)Cn2nc3c(cc2=O)CCCCC3)CC1. The summed E-state index contributed by atoms with van der Waals surface area (Å²) in [6.45, 7) is 1.02. The molecule has 27 heavy (non-hydrogen) atoms. The fraction of sp³-hybridized carbons (Fsp3) is 0.706. The van der Waals surface area contributed by atoms with E-state index in [1.165, 1.54) is 27.4 Å². The third-order valence-electron chi connectivity index (χ3n) is 5.19. The van der Waals surface area contributed by atoms with Crippen LogP contribution in [-0.2, 0) is 34.4 Å². The van der Waals surface area contributed by atoms with Crippen LogP contribution in [0.5, 0.6) is 0 Å². The van der Waals surface area contributed by atoms with Crippen molar-refractivity contribution in [3.63, 3.8) is 0 Å². The summed E-state index contributed by atoms with van der Waals surface area (Å²) in [4.78, 5) is 26.5. The van der Waals surface area contributed by atoms with E-state index in [-0.39, 0.29) is 31.1 Å². The molecule has 0 spiro atoms. The topological polar surface area (TPSA) is 95.8 Å². The van der Waals surface area contributed by atoms with E-state index in [1.54, 1.807) is 11.0 Å². The summed E-state index contributed by atoms with van der Waals surface area (Å²) in [7, 11) is -0.489. The van der Waals surface area contributed by atoms with Crippen molar-refractivity contribution in [3.05, 3.63) is 27.7 Å². The first-order valence-electron chi connectivity index (χ1n) is 9.34. The molecule has 1 aliphatic heterocycles. The molecule has 0 atom stereocenters. The molecule has 0 saturated carbocycles. The predicted molar refractivity (Wildman–Crippen MR) is 101 cm³/mol. The van der Waals surface area contributed by atoms with Gasteiger partial charge >= 0.3 is 0 Å². The molecule has 1 aliphatic carbocycles. The Morgan fingerprint density at radius 2 is 1.78 bits per heavy atom. The summed E-state index contributed by atoms with van der Waals surface area (Å²) < 4.78 is 28.1. The second-order valence-electron chi connectivity index (χ2n) is 7.24. The third-order valence-corrected chi connectivity index (χ3v) is 7.13. The number of aromatic nitrogens is 2. The van der Waals surface area contributed by atoms with Gasteiger partial charge in [0.25, 0.3) is 15.8 Å². The van der Waals surface area contributed by atoms with Crippen molar-refractivity contribution in [1.82, 2.24) is 23.3 Å². The molecule has 0 bridgehead atoms. The third kappa shape index (κ3) is 4.39. The maximum absolute atomic E-state index is 12.6. The number of hydrogen-bond acceptors (Lipinski definition) is 5. The first-order valence-corrected chi connectivity index (χ1v) is 10.7. The summed E-state index contributed by atoms with van der Waals surface area (Å²) in [6, 6.07) is 1.61. The van der Waals surface area contributed by atoms with Gasteiger partial charge in [-0.3, -0.25) is 9.59 Å². The molecule has 9 nitrogen and oxygen atoms in total. The molecule has 1 amide bonds. The van der Waals surface area contributed by atoms with Crippen molar-refractivity contribution in [2.45, 2.75) is 38.6 Å². The van der Waals surface area contributed by atoms with Gasteiger partial charge in [-0.05, 0) is 31.2 Å². The quantitative estimate of drug-likeness (QED) is 0.636. The molecule has 0 radical (unpaired) electrons. The van der Waals surface area contributed by atoms with E-state index in [9.17, 15) is 18.0 Å². The van der Waals surface area contributed by atoms with Crippen LogP contribution in [0.3, 0.4) is 0 Å². The summed E-state index contributed by atoms with van der Waals surface area (Å²) in [5.74, 6) is -0.208. The first kappa shape index (κ1) is 20.0. The minimum absolute atomic E-state index is 0.105. The van der Waals surface area contributed by atoms with Gasteiger partial charge in [0, 0.05) is 46.3 Å². The zero-order valence-corrected chi connectivity index (χ0v) is 16.7. The Bertz CT molecular complexity index is 857. The van der Waals surface area contributed by atoms with E-state index in [0.29, 0.717) is 13.1 Å². The van der Waals surface area contributed by atoms with Gasteiger partial charge in [-0.1, -0.05) is 6.42 Å². The Morgan fingerprint density at radius 1 is 1.11 bits per heavy atom. The number of rotatable bonds is 4. The van der Waals surface area contributed by atoms with Gasteiger partial charge < -0.3 is 4.90 Å². The van der Waals surface area contributed by atoms with Crippen molar-refractivity contribution in [2.75, 3.05) is 40.3 Å². The van der Waals surface area contributed by atoms with Gasteiger partial charge in [0.15, 0.2) is 0 Å². The van der Waals surface area contributed by atoms with Gasteiger partial charge in [-0.2, -0.15) is 22.1 Å². The second-order valence-corrected chi connectivity index (χ2v) is 9.39. The van der Waals surface area contributed by atoms with E-state index in [4.69, 9.17) is 0 Å². The lowest BCUT2D eigenvalue weighted by Crippen LogP contribution is -2.53. The average Bonchev–Trinajstić information content (AvgIpc) is 2.86. The van der Waals surface area contributed by atoms with Crippen LogP contribution in [0.15, 0.2) is 10.9 Å². The lowest BCUT2D eigenvalue weighted by atomic mass is 10.1. The molecule has 0 aromatic carbocycles. The molecule has 2 aliphatic rings. The van der Waals surface area contributed by atoms with Crippen molar-refractivity contribution < 1.29 is 13.2 Å². The number of carbonyl (C=O) groups is 1. The standard InChI is InChI=1S/C17H27N5O4S/c1-19(2)27(25,26)21-10-8-20(9-11-21)17(24)13-22-16(23)12-14-6-4-3-5-7-15(14)18-22/h12H,3-11,13H2,1-2H3. The molecular formula is C17H27N5O4S. The first-order chi connectivity index (χ1) is 12.8. The van der Waals surface area contributed by atoms with Gasteiger partial charge in [0.2, 0.25) is 5.91 Å². The summed E-state index contributed by atoms with van der Waals surface area (Å²) in [5, 5.41) is 4.43. The molecule has 150 valence electrons. The van der Waals surface area contributed by atoms with Gasteiger partial charge in [0.1, 0.15) is 6.54 Å². The Kier molecular flexibility index (Phi) is 5.97. The summed E-state index contributed by atoms with van der Waals surface area (Å²) in [5.41, 5.74) is 1.67. The highest BCUT2D eigenvalue weighted by Gasteiger charge is 2.30. The van der Waals surface area contributed by atoms with Gasteiger partial charge in [-0.25, -0.2) is 4.68 Å². The highest BCUT2D eigenvalue weighted by molar-refractivity contribution is 7.86. The van der Waals surface area contributed by atoms with Crippen LogP contribution in [0.2, 0.25) is 0 Å². The van der Waals surface area contributed by atoms with Gasteiger partial charge in [-0.15, -0.1) is 0 Å². The summed E-state index contributed by atoms with van der Waals surface area (Å²) in [6.07, 6.45) is 4.95. The van der Waals surface area contributed by atoms with Crippen LogP contribution >= 0.6 is 0 Å². The van der Waals surface area contributed by atoms with E-state index in [2.05, 4.69) is 5.10 Å². The van der Waals surface area contributed by atoms with E-state index < -0.39 is 10.2 Å². The average molecular weight is 398 g/mol. The second kappa shape index (κ2) is 8.07. The number of nitrogens with zero attached hydrogens (tertiary/aromatic N) is 5. The van der Waals surface area contributed by atoms with Crippen LogP contribution in [0.1, 0.15) is 30.5 Å². The minimum Gasteiger partial charge on any atom is -0.338 e. The molecule has 3 rings (SSSR count). The Labute approximate surface area is 159 Å². The van der Waals surface area contributed by atoms with Crippen molar-refractivity contribution >= 4 is 16.1 Å². The summed E-state index contributed by atoms with van der Waals surface area (Å²) >= 11 is 0. The molecule has 1 aromatic rings. The number of carbonyl (C=O) groups excluding carboxylic acids is 1. The molecule has 1 fully saturated rings. The number of amides is 1. The van der Waals surface area contributed by atoms with E-state index >= 15 is 0 Å². The van der Waals surface area contributed by atoms with Crippen LogP contribution in [0.25, 0.3) is 0 Å². The van der Waals surface area contributed by atoms with Gasteiger partial charge in [0.05, 0.1) is 5.69 Å². The number of hydrogen-bond donors (Lipinski definition) is 0. The Balaban J connectivity index is 1.65. The lowest BCUT2D eigenvalue weighted by molar-refractivity contribution is -0.133. The van der Waals surface area contributed by atoms with Crippen LogP contribution in [0, 0.1) is 0 Å². The molecule has 10 heteroatoms. The number of fused-ring (bicyclic) bond motifs is 1. The molecule has 0 N–H and O–H groups in total. The van der Waals surface area contributed by atoms with E-state index in [0.717, 1.165) is 43.4 Å². The maximum atomic E-state index is 12.6. The predicted octanol–water partition coefficient (Wildman–Crippen LogP) is -0.537. The molecule has 1 aromatic heterocycles. The molecular weight excluding hydrogens is 370 g/mol. The Morgan fingerprint density at radius 3 is 2.44 bits per heavy atom. The fourth-order valence-corrected chi connectivity index (χ4v) is 4.60. The highest BCUT2D eigenvalue weighted by Crippen LogP contribution is 2.17. The minimum atomic E-state index is -3.47. The maximum Gasteiger partial charge on any atom is 0.281 e. The zero-order valence-electron chi connectivity index (χ0n) is 15.9. The van der Waals surface area contributed by atoms with Crippen LogP contribution in [-0.4, -0.2) is 77.9 Å². The normalized spacial score (nSPS) is 19.0. The van der Waals surface area contributed by atoms with Crippen LogP contribution < -0.4 is 5.56 Å². The number of aryl methyl sites for hydroxylation is 2. The lowest BCUT2D eigenvalue weighted by Gasteiger charge is -2.35. The van der Waals surface area contributed by atoms with Crippen molar-refractivity contribution in [1.29, 1.82) is 0 Å². The monoisotopic (exact) mass is 397 g/mol. The molecule has 1 saturated heterocycles.